The molecule has 0 amide bonds. The lowest BCUT2D eigenvalue weighted by Crippen LogP contribution is -2.23. The zero-order chi connectivity index (χ0) is 16.7. The normalized spacial score (nSPS) is 20.7. The maximum absolute atomic E-state index is 9.59. The summed E-state index contributed by atoms with van der Waals surface area (Å²) in [6.45, 7) is 0. The molecule has 120 valence electrons. The standard InChI is InChI=1S/C17H16Cl2N2O2/c1-20-9-21(2)17(13-6-4-11(23)8-15(13)19)16(20)12-5-3-10(22)7-14(12)18/h3-9,16-17H,1-2H3,(H-,22,23)/p+1/t16-,17+. The molecule has 1 heterocycles. The fraction of sp³-hybridized carbons (Fsp3) is 0.235. The van der Waals surface area contributed by atoms with Gasteiger partial charge in [-0.3, -0.25) is 9.48 Å². The van der Waals surface area contributed by atoms with E-state index < -0.39 is 0 Å². The van der Waals surface area contributed by atoms with E-state index in [0.717, 1.165) is 11.1 Å². The van der Waals surface area contributed by atoms with Gasteiger partial charge >= 0.3 is 0 Å². The molecule has 2 N–H and O–H groups in total. The smallest absolute Gasteiger partial charge is 0.235 e. The maximum atomic E-state index is 9.59. The van der Waals surface area contributed by atoms with Crippen molar-refractivity contribution in [3.05, 3.63) is 57.6 Å². The number of nitrogens with zero attached hydrogens (tertiary/aromatic N) is 2. The fourth-order valence-electron chi connectivity index (χ4n) is 3.17. The highest BCUT2D eigenvalue weighted by molar-refractivity contribution is 6.32. The number of hydrogen-bond donors (Lipinski definition) is 2. The maximum Gasteiger partial charge on any atom is 0.235 e. The average molecular weight is 352 g/mol. The van der Waals surface area contributed by atoms with Crippen LogP contribution in [0.2, 0.25) is 10.0 Å². The second-order valence-electron chi connectivity index (χ2n) is 5.75. The molecule has 2 aromatic rings. The van der Waals surface area contributed by atoms with E-state index in [1.807, 2.05) is 32.6 Å². The SMILES string of the molecule is CN1C=[N+](C)[C@H](c2ccc(O)cc2Cl)[C@@H]1c1ccc(O)cc1Cl. The summed E-state index contributed by atoms with van der Waals surface area (Å²) in [5.41, 5.74) is 1.81. The highest BCUT2D eigenvalue weighted by Gasteiger charge is 2.42. The largest absolute Gasteiger partial charge is 0.508 e. The number of hydrogen-bond acceptors (Lipinski definition) is 3. The Kier molecular flexibility index (Phi) is 4.13. The van der Waals surface area contributed by atoms with Crippen LogP contribution in [0.1, 0.15) is 23.2 Å². The van der Waals surface area contributed by atoms with Gasteiger partial charge in [-0.2, -0.15) is 0 Å². The van der Waals surface area contributed by atoms with Gasteiger partial charge in [-0.25, -0.2) is 0 Å². The molecule has 0 saturated carbocycles. The molecule has 2 aromatic carbocycles. The van der Waals surface area contributed by atoms with E-state index in [0.29, 0.717) is 10.0 Å². The summed E-state index contributed by atoms with van der Waals surface area (Å²) in [6, 6.07) is 9.87. The first-order chi connectivity index (χ1) is 10.9. The number of phenols is 2. The predicted octanol–water partition coefficient (Wildman–Crippen LogP) is 3.80. The quantitative estimate of drug-likeness (QED) is 0.809. The molecule has 0 fully saturated rings. The van der Waals surface area contributed by atoms with Crippen LogP contribution in [0, 0.1) is 0 Å². The monoisotopic (exact) mass is 351 g/mol. The molecule has 2 atom stereocenters. The number of likely N-dealkylation sites (N-methyl/N-ethyl adjacent to an activating group) is 2. The Bertz CT molecular complexity index is 792. The molecule has 0 aliphatic carbocycles. The Hall–Kier alpha value is -1.91. The van der Waals surface area contributed by atoms with Gasteiger partial charge in [0.05, 0.1) is 24.1 Å². The van der Waals surface area contributed by atoms with Crippen molar-refractivity contribution in [1.82, 2.24) is 4.90 Å². The third kappa shape index (κ3) is 2.84. The molecule has 1 aliphatic rings. The first kappa shape index (κ1) is 16.0. The van der Waals surface area contributed by atoms with Crippen LogP contribution in [-0.4, -0.2) is 40.1 Å². The Labute approximate surface area is 144 Å². The van der Waals surface area contributed by atoms with Gasteiger partial charge in [-0.1, -0.05) is 23.2 Å². The van der Waals surface area contributed by atoms with Gasteiger partial charge in [0, 0.05) is 11.1 Å². The summed E-state index contributed by atoms with van der Waals surface area (Å²) < 4.78 is 2.06. The number of rotatable bonds is 2. The molecule has 0 saturated heterocycles. The molecular weight excluding hydrogens is 335 g/mol. The third-order valence-electron chi connectivity index (χ3n) is 4.15. The van der Waals surface area contributed by atoms with Crippen LogP contribution >= 0.6 is 23.2 Å². The van der Waals surface area contributed by atoms with Crippen molar-refractivity contribution in [2.45, 2.75) is 12.1 Å². The highest BCUT2D eigenvalue weighted by Crippen LogP contribution is 2.44. The van der Waals surface area contributed by atoms with Crippen molar-refractivity contribution in [2.75, 3.05) is 14.1 Å². The van der Waals surface area contributed by atoms with Crippen LogP contribution in [0.15, 0.2) is 36.4 Å². The molecule has 3 rings (SSSR count). The van der Waals surface area contributed by atoms with Crippen LogP contribution in [0.5, 0.6) is 11.5 Å². The van der Waals surface area contributed by atoms with Crippen LogP contribution in [-0.2, 0) is 0 Å². The Morgan fingerprint density at radius 1 is 0.957 bits per heavy atom. The minimum absolute atomic E-state index is 0.0601. The molecule has 0 bridgehead atoms. The lowest BCUT2D eigenvalue weighted by molar-refractivity contribution is -0.534. The van der Waals surface area contributed by atoms with Gasteiger partial charge in [0.2, 0.25) is 6.34 Å². The third-order valence-corrected chi connectivity index (χ3v) is 4.80. The van der Waals surface area contributed by atoms with Gasteiger partial charge in [-0.15, -0.1) is 0 Å². The van der Waals surface area contributed by atoms with Crippen molar-refractivity contribution in [2.24, 2.45) is 0 Å². The minimum atomic E-state index is -0.0601. The van der Waals surface area contributed by atoms with E-state index in [2.05, 4.69) is 9.48 Å². The molecule has 0 radical (unpaired) electrons. The molecule has 0 spiro atoms. The summed E-state index contributed by atoms with van der Waals surface area (Å²) in [5, 5.41) is 20.2. The van der Waals surface area contributed by atoms with Crippen LogP contribution in [0.3, 0.4) is 0 Å². The zero-order valence-corrected chi connectivity index (χ0v) is 14.3. The molecule has 6 heteroatoms. The van der Waals surface area contributed by atoms with Gasteiger partial charge in [0.1, 0.15) is 11.5 Å². The van der Waals surface area contributed by atoms with Gasteiger partial charge in [0.25, 0.3) is 0 Å². The highest BCUT2D eigenvalue weighted by atomic mass is 35.5. The molecular formula is C17H17Cl2N2O2+. The van der Waals surface area contributed by atoms with E-state index in [1.165, 1.54) is 0 Å². The lowest BCUT2D eigenvalue weighted by Gasteiger charge is -2.23. The van der Waals surface area contributed by atoms with Gasteiger partial charge < -0.3 is 10.2 Å². The van der Waals surface area contributed by atoms with E-state index in [9.17, 15) is 10.2 Å². The van der Waals surface area contributed by atoms with Crippen LogP contribution < -0.4 is 0 Å². The predicted molar refractivity (Wildman–Crippen MR) is 91.7 cm³/mol. The summed E-state index contributed by atoms with van der Waals surface area (Å²) in [4.78, 5) is 2.06. The molecule has 0 unspecified atom stereocenters. The van der Waals surface area contributed by atoms with Crippen molar-refractivity contribution >= 4 is 29.5 Å². The van der Waals surface area contributed by atoms with E-state index in [4.69, 9.17) is 23.2 Å². The second-order valence-corrected chi connectivity index (χ2v) is 6.56. The zero-order valence-electron chi connectivity index (χ0n) is 12.7. The Balaban J connectivity index is 2.11. The lowest BCUT2D eigenvalue weighted by atomic mass is 9.93. The van der Waals surface area contributed by atoms with E-state index in [1.54, 1.807) is 24.3 Å². The van der Waals surface area contributed by atoms with E-state index >= 15 is 0 Å². The molecule has 0 aromatic heterocycles. The molecule has 23 heavy (non-hydrogen) atoms. The van der Waals surface area contributed by atoms with Crippen molar-refractivity contribution in [1.29, 1.82) is 0 Å². The van der Waals surface area contributed by atoms with Crippen LogP contribution in [0.25, 0.3) is 0 Å². The van der Waals surface area contributed by atoms with Crippen molar-refractivity contribution < 1.29 is 14.8 Å². The molecule has 1 aliphatic heterocycles. The van der Waals surface area contributed by atoms with Gasteiger partial charge in [-0.05, 0) is 36.4 Å². The van der Waals surface area contributed by atoms with Gasteiger partial charge in [0.15, 0.2) is 12.1 Å². The minimum Gasteiger partial charge on any atom is -0.508 e. The summed E-state index contributed by atoms with van der Waals surface area (Å²) >= 11 is 12.7. The first-order valence-corrected chi connectivity index (χ1v) is 7.90. The van der Waals surface area contributed by atoms with Crippen molar-refractivity contribution in [3.8, 4) is 11.5 Å². The summed E-state index contributed by atoms with van der Waals surface area (Å²) in [6.07, 6.45) is 1.99. The molecule has 4 nitrogen and oxygen atoms in total. The first-order valence-electron chi connectivity index (χ1n) is 7.14. The Morgan fingerprint density at radius 2 is 1.48 bits per heavy atom. The summed E-state index contributed by atoms with van der Waals surface area (Å²) in [5.74, 6) is 0.270. The number of halogens is 2. The summed E-state index contributed by atoms with van der Waals surface area (Å²) in [7, 11) is 3.94. The number of phenolic OH excluding ortho intramolecular Hbond substituents is 2. The van der Waals surface area contributed by atoms with Crippen LogP contribution in [0.4, 0.5) is 0 Å². The van der Waals surface area contributed by atoms with Crippen molar-refractivity contribution in [3.63, 3.8) is 0 Å². The fourth-order valence-corrected chi connectivity index (χ4v) is 3.74. The van der Waals surface area contributed by atoms with E-state index in [-0.39, 0.29) is 23.6 Å². The number of benzene rings is 2. The average Bonchev–Trinajstić information content (AvgIpc) is 2.74. The topological polar surface area (TPSA) is 46.7 Å². The Morgan fingerprint density at radius 3 is 2.00 bits per heavy atom. The number of aromatic hydroxyl groups is 2. The second kappa shape index (κ2) is 5.95.